The predicted octanol–water partition coefficient (Wildman–Crippen LogP) is 4.60. The van der Waals surface area contributed by atoms with Gasteiger partial charge in [0.1, 0.15) is 0 Å². The minimum Gasteiger partial charge on any atom is -0.345 e. The molecule has 0 bridgehead atoms. The molecular weight excluding hydrogens is 374 g/mol. The molecule has 5 heteroatoms. The molecule has 0 N–H and O–H groups in total. The highest BCUT2D eigenvalue weighted by molar-refractivity contribution is 5.96. The molecule has 2 aromatic rings. The number of hydrogen-bond donors (Lipinski definition) is 0. The fraction of sp³-hybridized carbons (Fsp3) is 0.520. The highest BCUT2D eigenvalue weighted by atomic mass is 16.2. The molecule has 1 aromatic heterocycles. The van der Waals surface area contributed by atoms with E-state index in [-0.39, 0.29) is 11.8 Å². The highest BCUT2D eigenvalue weighted by Gasteiger charge is 2.27. The van der Waals surface area contributed by atoms with E-state index in [1.807, 2.05) is 40.1 Å². The summed E-state index contributed by atoms with van der Waals surface area (Å²) in [7, 11) is 0. The number of aromatic nitrogens is 1. The molecule has 2 heterocycles. The molecule has 1 saturated carbocycles. The minimum absolute atomic E-state index is 0.0559. The van der Waals surface area contributed by atoms with E-state index in [1.165, 1.54) is 37.8 Å². The van der Waals surface area contributed by atoms with Crippen LogP contribution in [0.4, 0.5) is 0 Å². The van der Waals surface area contributed by atoms with Crippen LogP contribution < -0.4 is 0 Å². The zero-order valence-electron chi connectivity index (χ0n) is 18.3. The van der Waals surface area contributed by atoms with Gasteiger partial charge >= 0.3 is 0 Å². The Bertz CT molecular complexity index is 897. The number of nitrogens with zero attached hydrogens (tertiary/aromatic N) is 3. The highest BCUT2D eigenvalue weighted by Crippen LogP contribution is 2.32. The zero-order valence-corrected chi connectivity index (χ0v) is 18.3. The van der Waals surface area contributed by atoms with Crippen LogP contribution >= 0.6 is 0 Å². The zero-order chi connectivity index (χ0) is 21.1. The molecule has 0 unspecified atom stereocenters. The Labute approximate surface area is 179 Å². The number of benzene rings is 1. The van der Waals surface area contributed by atoms with Crippen LogP contribution in [0.25, 0.3) is 0 Å². The van der Waals surface area contributed by atoms with E-state index >= 15 is 0 Å². The molecule has 30 heavy (non-hydrogen) atoms. The van der Waals surface area contributed by atoms with Crippen LogP contribution in [-0.2, 0) is 0 Å². The van der Waals surface area contributed by atoms with Gasteiger partial charge in [-0.1, -0.05) is 37.5 Å². The second-order valence-electron chi connectivity index (χ2n) is 8.75. The lowest BCUT2D eigenvalue weighted by atomic mass is 9.95. The number of amides is 2. The molecule has 1 aliphatic heterocycles. The van der Waals surface area contributed by atoms with E-state index in [0.717, 1.165) is 17.7 Å². The lowest BCUT2D eigenvalue weighted by Gasteiger charge is -2.27. The van der Waals surface area contributed by atoms with Crippen molar-refractivity contribution in [1.82, 2.24) is 14.4 Å². The van der Waals surface area contributed by atoms with Gasteiger partial charge in [-0.2, -0.15) is 0 Å². The predicted molar refractivity (Wildman–Crippen MR) is 119 cm³/mol. The number of rotatable bonds is 3. The molecule has 1 saturated heterocycles. The van der Waals surface area contributed by atoms with Gasteiger partial charge in [-0.15, -0.1) is 0 Å². The van der Waals surface area contributed by atoms with E-state index in [0.29, 0.717) is 37.8 Å². The Kier molecular flexibility index (Phi) is 6.26. The van der Waals surface area contributed by atoms with Crippen LogP contribution in [0, 0.1) is 13.8 Å². The fourth-order valence-corrected chi connectivity index (χ4v) is 5.15. The normalized spacial score (nSPS) is 18.3. The minimum atomic E-state index is 0.0559. The van der Waals surface area contributed by atoms with Crippen molar-refractivity contribution in [1.29, 1.82) is 0 Å². The lowest BCUT2D eigenvalue weighted by Crippen LogP contribution is -2.37. The summed E-state index contributed by atoms with van der Waals surface area (Å²) < 4.78 is 2.40. The van der Waals surface area contributed by atoms with Crippen molar-refractivity contribution in [2.75, 3.05) is 26.2 Å². The van der Waals surface area contributed by atoms with Crippen molar-refractivity contribution in [3.8, 4) is 0 Å². The third kappa shape index (κ3) is 4.16. The molecule has 2 fully saturated rings. The molecule has 1 aliphatic carbocycles. The van der Waals surface area contributed by atoms with Gasteiger partial charge in [-0.25, -0.2) is 0 Å². The standard InChI is InChI=1S/C25H33N3O2/c1-19-18-23(20(2)28(19)22-12-7-4-8-13-22)25(30)27-15-9-14-26(16-17-27)24(29)21-10-5-3-6-11-21/h3,5-6,10-11,18,22H,4,7-9,12-17H2,1-2H3. The van der Waals surface area contributed by atoms with Crippen LogP contribution in [0.5, 0.6) is 0 Å². The first-order chi connectivity index (χ1) is 14.6. The van der Waals surface area contributed by atoms with Gasteiger partial charge in [-0.3, -0.25) is 9.59 Å². The maximum atomic E-state index is 13.4. The monoisotopic (exact) mass is 407 g/mol. The lowest BCUT2D eigenvalue weighted by molar-refractivity contribution is 0.0718. The molecule has 0 atom stereocenters. The maximum Gasteiger partial charge on any atom is 0.255 e. The summed E-state index contributed by atoms with van der Waals surface area (Å²) in [5, 5.41) is 0. The Hall–Kier alpha value is -2.56. The first-order valence-corrected chi connectivity index (χ1v) is 11.4. The van der Waals surface area contributed by atoms with Gasteiger partial charge in [0.15, 0.2) is 0 Å². The van der Waals surface area contributed by atoms with Crippen LogP contribution in [0.2, 0.25) is 0 Å². The largest absolute Gasteiger partial charge is 0.345 e. The molecule has 160 valence electrons. The summed E-state index contributed by atoms with van der Waals surface area (Å²) in [5.74, 6) is 0.166. The first-order valence-electron chi connectivity index (χ1n) is 11.4. The van der Waals surface area contributed by atoms with Crippen molar-refractivity contribution in [3.05, 3.63) is 58.9 Å². The average Bonchev–Trinajstić information content (AvgIpc) is 2.94. The quantitative estimate of drug-likeness (QED) is 0.747. The molecule has 5 nitrogen and oxygen atoms in total. The van der Waals surface area contributed by atoms with Gasteiger partial charge < -0.3 is 14.4 Å². The van der Waals surface area contributed by atoms with Gasteiger partial charge in [0.05, 0.1) is 5.56 Å². The van der Waals surface area contributed by atoms with Crippen molar-refractivity contribution < 1.29 is 9.59 Å². The molecule has 0 radical (unpaired) electrons. The molecule has 2 aliphatic rings. The molecular formula is C25H33N3O2. The van der Waals surface area contributed by atoms with E-state index < -0.39 is 0 Å². The van der Waals surface area contributed by atoms with Gasteiger partial charge in [-0.05, 0) is 51.3 Å². The van der Waals surface area contributed by atoms with E-state index in [4.69, 9.17) is 0 Å². The van der Waals surface area contributed by atoms with Crippen molar-refractivity contribution in [2.24, 2.45) is 0 Å². The summed E-state index contributed by atoms with van der Waals surface area (Å²) in [6.45, 7) is 6.79. The number of carbonyl (C=O) groups is 2. The van der Waals surface area contributed by atoms with Crippen molar-refractivity contribution >= 4 is 11.8 Å². The van der Waals surface area contributed by atoms with Crippen molar-refractivity contribution in [3.63, 3.8) is 0 Å². The molecule has 4 rings (SSSR count). The van der Waals surface area contributed by atoms with Crippen LogP contribution in [0.15, 0.2) is 36.4 Å². The SMILES string of the molecule is Cc1cc(C(=O)N2CCCN(C(=O)c3ccccc3)CC2)c(C)n1C1CCCCC1. The molecule has 0 spiro atoms. The Morgan fingerprint density at radius 2 is 1.43 bits per heavy atom. The number of aryl methyl sites for hydroxylation is 1. The summed E-state index contributed by atoms with van der Waals surface area (Å²) in [6, 6.07) is 12.0. The smallest absolute Gasteiger partial charge is 0.255 e. The Morgan fingerprint density at radius 3 is 2.10 bits per heavy atom. The molecule has 2 amide bonds. The van der Waals surface area contributed by atoms with E-state index in [1.54, 1.807) is 0 Å². The summed E-state index contributed by atoms with van der Waals surface area (Å²) in [4.78, 5) is 30.0. The Morgan fingerprint density at radius 1 is 0.800 bits per heavy atom. The van der Waals surface area contributed by atoms with Crippen LogP contribution in [-0.4, -0.2) is 52.4 Å². The third-order valence-electron chi connectivity index (χ3n) is 6.75. The van der Waals surface area contributed by atoms with E-state index in [2.05, 4.69) is 24.5 Å². The summed E-state index contributed by atoms with van der Waals surface area (Å²) in [5.41, 5.74) is 3.85. The Balaban J connectivity index is 1.46. The topological polar surface area (TPSA) is 45.6 Å². The maximum absolute atomic E-state index is 13.4. The van der Waals surface area contributed by atoms with Gasteiger partial charge in [0.2, 0.25) is 0 Å². The number of hydrogen-bond acceptors (Lipinski definition) is 2. The van der Waals surface area contributed by atoms with Crippen LogP contribution in [0.3, 0.4) is 0 Å². The van der Waals surface area contributed by atoms with Crippen molar-refractivity contribution in [2.45, 2.75) is 58.4 Å². The second-order valence-corrected chi connectivity index (χ2v) is 8.75. The average molecular weight is 408 g/mol. The summed E-state index contributed by atoms with van der Waals surface area (Å²) in [6.07, 6.45) is 7.12. The van der Waals surface area contributed by atoms with Crippen LogP contribution in [0.1, 0.15) is 76.7 Å². The van der Waals surface area contributed by atoms with E-state index in [9.17, 15) is 9.59 Å². The van der Waals surface area contributed by atoms with Gasteiger partial charge in [0, 0.05) is 49.2 Å². The second kappa shape index (κ2) is 9.07. The molecule has 1 aromatic carbocycles. The fourth-order valence-electron chi connectivity index (χ4n) is 5.15. The first kappa shape index (κ1) is 20.7. The third-order valence-corrected chi connectivity index (χ3v) is 6.75. The number of carbonyl (C=O) groups excluding carboxylic acids is 2. The van der Waals surface area contributed by atoms with Gasteiger partial charge in [0.25, 0.3) is 11.8 Å². The summed E-state index contributed by atoms with van der Waals surface area (Å²) >= 11 is 0.